The van der Waals surface area contributed by atoms with Crippen LogP contribution in [-0.2, 0) is 19.3 Å². The van der Waals surface area contributed by atoms with Crippen LogP contribution in [-0.4, -0.2) is 47.2 Å². The molecule has 0 aliphatic carbocycles. The molecule has 0 radical (unpaired) electrons. The van der Waals surface area contributed by atoms with Crippen molar-refractivity contribution in [2.45, 2.75) is 11.0 Å². The number of hydrogen-bond acceptors (Lipinski definition) is 5. The first-order chi connectivity index (χ1) is 8.55. The van der Waals surface area contributed by atoms with Gasteiger partial charge in [-0.05, 0) is 18.2 Å². The molecular formula is C12H16O5S. The summed E-state index contributed by atoms with van der Waals surface area (Å²) in [6, 6.07) is 6.43. The summed E-state index contributed by atoms with van der Waals surface area (Å²) in [5.74, 6) is 0.520. The van der Waals surface area contributed by atoms with Gasteiger partial charge in [0.2, 0.25) is 0 Å². The lowest BCUT2D eigenvalue weighted by Crippen LogP contribution is -2.33. The van der Waals surface area contributed by atoms with Crippen molar-refractivity contribution in [1.29, 1.82) is 0 Å². The summed E-state index contributed by atoms with van der Waals surface area (Å²) in [6.45, 7) is 2.04. The predicted octanol–water partition coefficient (Wildman–Crippen LogP) is 0.884. The third-order valence-corrected chi connectivity index (χ3v) is 3.66. The monoisotopic (exact) mass is 272 g/mol. The van der Waals surface area contributed by atoms with Crippen LogP contribution in [0.15, 0.2) is 29.2 Å². The average Bonchev–Trinajstić information content (AvgIpc) is 2.37. The molecule has 1 fully saturated rings. The van der Waals surface area contributed by atoms with Crippen molar-refractivity contribution < 1.29 is 22.6 Å². The zero-order chi connectivity index (χ0) is 13.0. The van der Waals surface area contributed by atoms with E-state index in [2.05, 4.69) is 0 Å². The molecule has 0 spiro atoms. The van der Waals surface area contributed by atoms with E-state index in [9.17, 15) is 8.42 Å². The standard InChI is InChI=1S/C12H16O5S/c1-18(13,14)12-4-2-3-10(7-12)17-9-11-8-15-5-6-16-11/h2-4,7,11H,5-6,8-9H2,1H3. The smallest absolute Gasteiger partial charge is 0.175 e. The van der Waals surface area contributed by atoms with Gasteiger partial charge in [-0.25, -0.2) is 8.42 Å². The Kier molecular flexibility index (Phi) is 4.21. The SMILES string of the molecule is CS(=O)(=O)c1cccc(OCC2COCCO2)c1. The first-order valence-electron chi connectivity index (χ1n) is 5.68. The second kappa shape index (κ2) is 5.69. The van der Waals surface area contributed by atoms with Gasteiger partial charge in [-0.2, -0.15) is 0 Å². The molecule has 0 amide bonds. The van der Waals surface area contributed by atoms with Gasteiger partial charge in [0.15, 0.2) is 9.84 Å². The lowest BCUT2D eigenvalue weighted by molar-refractivity contribution is -0.101. The fourth-order valence-electron chi connectivity index (χ4n) is 1.62. The van der Waals surface area contributed by atoms with Gasteiger partial charge in [0.1, 0.15) is 18.5 Å². The Bertz CT molecular complexity index is 491. The lowest BCUT2D eigenvalue weighted by atomic mass is 10.3. The minimum Gasteiger partial charge on any atom is -0.491 e. The van der Waals surface area contributed by atoms with E-state index in [1.807, 2.05) is 0 Å². The molecule has 1 aliphatic rings. The van der Waals surface area contributed by atoms with Gasteiger partial charge >= 0.3 is 0 Å². The minimum absolute atomic E-state index is 0.0966. The van der Waals surface area contributed by atoms with E-state index in [4.69, 9.17) is 14.2 Å². The molecule has 18 heavy (non-hydrogen) atoms. The molecule has 6 heteroatoms. The molecule has 1 atom stereocenters. The highest BCUT2D eigenvalue weighted by molar-refractivity contribution is 7.90. The van der Waals surface area contributed by atoms with Gasteiger partial charge in [0, 0.05) is 6.26 Å². The van der Waals surface area contributed by atoms with Crippen molar-refractivity contribution in [3.05, 3.63) is 24.3 Å². The van der Waals surface area contributed by atoms with Gasteiger partial charge in [-0.15, -0.1) is 0 Å². The van der Waals surface area contributed by atoms with Crippen LogP contribution in [0.25, 0.3) is 0 Å². The number of rotatable bonds is 4. The largest absolute Gasteiger partial charge is 0.491 e. The maximum Gasteiger partial charge on any atom is 0.175 e. The molecule has 0 N–H and O–H groups in total. The number of benzene rings is 1. The maximum atomic E-state index is 11.4. The summed E-state index contributed by atoms with van der Waals surface area (Å²) in [5.41, 5.74) is 0. The molecular weight excluding hydrogens is 256 g/mol. The maximum absolute atomic E-state index is 11.4. The minimum atomic E-state index is -3.20. The van der Waals surface area contributed by atoms with E-state index in [-0.39, 0.29) is 11.0 Å². The second-order valence-electron chi connectivity index (χ2n) is 4.13. The third kappa shape index (κ3) is 3.69. The molecule has 100 valence electrons. The van der Waals surface area contributed by atoms with E-state index < -0.39 is 9.84 Å². The van der Waals surface area contributed by atoms with Gasteiger partial charge in [-0.1, -0.05) is 6.07 Å². The van der Waals surface area contributed by atoms with Crippen LogP contribution in [0.4, 0.5) is 0 Å². The van der Waals surface area contributed by atoms with Crippen LogP contribution in [0.1, 0.15) is 0 Å². The quantitative estimate of drug-likeness (QED) is 0.814. The Balaban J connectivity index is 1.97. The van der Waals surface area contributed by atoms with Crippen molar-refractivity contribution >= 4 is 9.84 Å². The molecule has 1 saturated heterocycles. The van der Waals surface area contributed by atoms with Crippen molar-refractivity contribution in [2.75, 3.05) is 32.7 Å². The number of ether oxygens (including phenoxy) is 3. The Morgan fingerprint density at radius 3 is 2.89 bits per heavy atom. The van der Waals surface area contributed by atoms with E-state index in [1.54, 1.807) is 18.2 Å². The van der Waals surface area contributed by atoms with E-state index in [1.165, 1.54) is 12.3 Å². The van der Waals surface area contributed by atoms with Gasteiger partial charge in [-0.3, -0.25) is 0 Å². The summed E-state index contributed by atoms with van der Waals surface area (Å²) in [4.78, 5) is 0.251. The normalized spacial score (nSPS) is 20.6. The molecule has 1 aromatic carbocycles. The molecule has 5 nitrogen and oxygen atoms in total. The fourth-order valence-corrected chi connectivity index (χ4v) is 2.27. The van der Waals surface area contributed by atoms with Crippen LogP contribution in [0.5, 0.6) is 5.75 Å². The molecule has 0 aromatic heterocycles. The van der Waals surface area contributed by atoms with Gasteiger partial charge < -0.3 is 14.2 Å². The van der Waals surface area contributed by atoms with Gasteiger partial charge in [0.05, 0.1) is 24.7 Å². The summed E-state index contributed by atoms with van der Waals surface area (Å²) in [7, 11) is -3.20. The summed E-state index contributed by atoms with van der Waals surface area (Å²) < 4.78 is 39.0. The highest BCUT2D eigenvalue weighted by Crippen LogP contribution is 2.18. The summed E-state index contributed by atoms with van der Waals surface area (Å²) in [6.07, 6.45) is 1.07. The van der Waals surface area contributed by atoms with Crippen molar-refractivity contribution in [3.63, 3.8) is 0 Å². The summed E-state index contributed by atoms with van der Waals surface area (Å²) in [5, 5.41) is 0. The van der Waals surface area contributed by atoms with E-state index >= 15 is 0 Å². The van der Waals surface area contributed by atoms with Crippen LogP contribution in [0, 0.1) is 0 Å². The summed E-state index contributed by atoms with van der Waals surface area (Å²) >= 11 is 0. The molecule has 1 unspecified atom stereocenters. The first kappa shape index (κ1) is 13.3. The molecule has 1 aromatic rings. The van der Waals surface area contributed by atoms with Crippen molar-refractivity contribution in [2.24, 2.45) is 0 Å². The topological polar surface area (TPSA) is 61.8 Å². The second-order valence-corrected chi connectivity index (χ2v) is 6.14. The molecule has 0 saturated carbocycles. The molecule has 1 aliphatic heterocycles. The zero-order valence-corrected chi connectivity index (χ0v) is 11.0. The van der Waals surface area contributed by atoms with Crippen molar-refractivity contribution in [3.8, 4) is 5.75 Å². The lowest BCUT2D eigenvalue weighted by Gasteiger charge is -2.22. The predicted molar refractivity (Wildman–Crippen MR) is 65.6 cm³/mol. The van der Waals surface area contributed by atoms with Crippen molar-refractivity contribution in [1.82, 2.24) is 0 Å². The zero-order valence-electron chi connectivity index (χ0n) is 10.2. The fraction of sp³-hybridized carbons (Fsp3) is 0.500. The number of sulfone groups is 1. The molecule has 1 heterocycles. The Morgan fingerprint density at radius 2 is 2.22 bits per heavy atom. The highest BCUT2D eigenvalue weighted by Gasteiger charge is 2.15. The highest BCUT2D eigenvalue weighted by atomic mass is 32.2. The van der Waals surface area contributed by atoms with Crippen LogP contribution < -0.4 is 4.74 Å². The molecule has 2 rings (SSSR count). The van der Waals surface area contributed by atoms with Crippen LogP contribution in [0.3, 0.4) is 0 Å². The Morgan fingerprint density at radius 1 is 1.39 bits per heavy atom. The first-order valence-corrected chi connectivity index (χ1v) is 7.57. The molecule has 0 bridgehead atoms. The van der Waals surface area contributed by atoms with E-state index in [0.717, 1.165) is 0 Å². The van der Waals surface area contributed by atoms with Gasteiger partial charge in [0.25, 0.3) is 0 Å². The Hall–Kier alpha value is -1.11. The Labute approximate surface area is 107 Å². The van der Waals surface area contributed by atoms with E-state index in [0.29, 0.717) is 32.2 Å². The van der Waals surface area contributed by atoms with Crippen LogP contribution in [0.2, 0.25) is 0 Å². The average molecular weight is 272 g/mol. The third-order valence-electron chi connectivity index (χ3n) is 2.55. The van der Waals surface area contributed by atoms with Crippen LogP contribution >= 0.6 is 0 Å². The number of hydrogen-bond donors (Lipinski definition) is 0.